The number of hydrogen-bond donors (Lipinski definition) is 0. The maximum atomic E-state index is 4.06. The fourth-order valence-electron chi connectivity index (χ4n) is 3.57. The van der Waals surface area contributed by atoms with Crippen molar-refractivity contribution in [3.05, 3.63) is 6.92 Å². The second kappa shape index (κ2) is 21.0. The molecule has 0 fully saturated rings. The molecule has 0 amide bonds. The first-order valence-corrected chi connectivity index (χ1v) is 11.6. The van der Waals surface area contributed by atoms with Crippen molar-refractivity contribution in [3.8, 4) is 0 Å². The summed E-state index contributed by atoms with van der Waals surface area (Å²) in [6, 6.07) is 0. The molecule has 24 heavy (non-hydrogen) atoms. The average molecular weight is 338 g/mol. The monoisotopic (exact) mass is 337 g/mol. The molecule has 0 aromatic heterocycles. The second-order valence-electron chi connectivity index (χ2n) is 8.26. The van der Waals surface area contributed by atoms with Gasteiger partial charge in [0.15, 0.2) is 0 Å². The van der Waals surface area contributed by atoms with Gasteiger partial charge in [-0.25, -0.2) is 0 Å². The van der Waals surface area contributed by atoms with Crippen LogP contribution < -0.4 is 0 Å². The largest absolute Gasteiger partial charge is 0.0654 e. The lowest BCUT2D eigenvalue weighted by molar-refractivity contribution is 0.513. The Kier molecular flexibility index (Phi) is 21.0. The molecule has 0 aliphatic carbocycles. The van der Waals surface area contributed by atoms with Gasteiger partial charge in [0.05, 0.1) is 0 Å². The van der Waals surface area contributed by atoms with Crippen molar-refractivity contribution in [2.75, 3.05) is 0 Å². The number of hydrogen-bond acceptors (Lipinski definition) is 0. The second-order valence-corrected chi connectivity index (χ2v) is 8.26. The van der Waals surface area contributed by atoms with Crippen LogP contribution in [0, 0.1) is 12.8 Å². The summed E-state index contributed by atoms with van der Waals surface area (Å²) in [6.45, 7) is 8.58. The maximum Gasteiger partial charge on any atom is -0.0443 e. The lowest BCUT2D eigenvalue weighted by Crippen LogP contribution is -1.87. The summed E-state index contributed by atoms with van der Waals surface area (Å²) in [5, 5.41) is 0. The Labute approximate surface area is 155 Å². The van der Waals surface area contributed by atoms with Crippen LogP contribution in [-0.2, 0) is 0 Å². The molecule has 0 saturated heterocycles. The highest BCUT2D eigenvalue weighted by Crippen LogP contribution is 2.15. The highest BCUT2D eigenvalue weighted by atomic mass is 14.0. The zero-order chi connectivity index (χ0) is 17.7. The van der Waals surface area contributed by atoms with Gasteiger partial charge in [-0.3, -0.25) is 0 Å². The molecule has 145 valence electrons. The maximum absolute atomic E-state index is 4.06. The Balaban J connectivity index is 2.95. The van der Waals surface area contributed by atoms with E-state index in [0.717, 1.165) is 0 Å². The predicted octanol–water partition coefficient (Wildman–Crippen LogP) is 9.28. The smallest absolute Gasteiger partial charge is 0.0443 e. The first-order valence-electron chi connectivity index (χ1n) is 11.6. The van der Waals surface area contributed by atoms with Crippen LogP contribution in [0.1, 0.15) is 142 Å². The van der Waals surface area contributed by atoms with E-state index in [1.807, 2.05) is 0 Å². The third kappa shape index (κ3) is 22.0. The third-order valence-electron chi connectivity index (χ3n) is 5.30. The van der Waals surface area contributed by atoms with Crippen molar-refractivity contribution in [1.29, 1.82) is 0 Å². The molecule has 1 atom stereocenters. The molecule has 0 heteroatoms. The van der Waals surface area contributed by atoms with Gasteiger partial charge in [-0.1, -0.05) is 149 Å². The number of unbranched alkanes of at least 4 members (excludes halogenated alkanes) is 18. The highest BCUT2D eigenvalue weighted by molar-refractivity contribution is 4.55. The quantitative estimate of drug-likeness (QED) is 0.194. The molecular formula is C24H49. The van der Waals surface area contributed by atoms with E-state index in [1.54, 1.807) is 0 Å². The molecule has 0 bridgehead atoms. The van der Waals surface area contributed by atoms with Gasteiger partial charge in [-0.15, -0.1) is 0 Å². The Morgan fingerprint density at radius 1 is 0.458 bits per heavy atom. The lowest BCUT2D eigenvalue weighted by Gasteiger charge is -2.05. The molecule has 0 heterocycles. The van der Waals surface area contributed by atoms with E-state index in [0.29, 0.717) is 5.92 Å². The molecule has 1 radical (unpaired) electrons. The summed E-state index contributed by atoms with van der Waals surface area (Å²) in [6.07, 6.45) is 29.1. The van der Waals surface area contributed by atoms with E-state index in [4.69, 9.17) is 0 Å². The minimum Gasteiger partial charge on any atom is -0.0654 e. The van der Waals surface area contributed by atoms with Crippen LogP contribution in [0.2, 0.25) is 0 Å². The van der Waals surface area contributed by atoms with Gasteiger partial charge in [-0.05, 0) is 5.92 Å². The molecule has 0 N–H and O–H groups in total. The standard InChI is InChI=1S/C24H49/c1-4-5-6-7-8-9-10-11-12-13-14-15-16-17-18-19-20-21-22-23-24(2)3/h24H,2,4-23H2,1,3H3. The van der Waals surface area contributed by atoms with Crippen LogP contribution in [-0.4, -0.2) is 0 Å². The predicted molar refractivity (Wildman–Crippen MR) is 113 cm³/mol. The fourth-order valence-corrected chi connectivity index (χ4v) is 3.57. The van der Waals surface area contributed by atoms with Gasteiger partial charge >= 0.3 is 0 Å². The first kappa shape index (κ1) is 24.0. The van der Waals surface area contributed by atoms with Gasteiger partial charge in [0.25, 0.3) is 0 Å². The minimum absolute atomic E-state index is 0.649. The summed E-state index contributed by atoms with van der Waals surface area (Å²) in [7, 11) is 0. The summed E-state index contributed by atoms with van der Waals surface area (Å²) in [5.74, 6) is 0.649. The molecule has 0 nitrogen and oxygen atoms in total. The molecule has 0 saturated carbocycles. The molecule has 0 rings (SSSR count). The van der Waals surface area contributed by atoms with Gasteiger partial charge in [0.1, 0.15) is 0 Å². The zero-order valence-electron chi connectivity index (χ0n) is 17.4. The molecule has 0 aliphatic heterocycles. The Morgan fingerprint density at radius 3 is 0.958 bits per heavy atom. The topological polar surface area (TPSA) is 0 Å². The molecule has 1 unspecified atom stereocenters. The van der Waals surface area contributed by atoms with Crippen molar-refractivity contribution in [1.82, 2.24) is 0 Å². The molecular weight excluding hydrogens is 288 g/mol. The van der Waals surface area contributed by atoms with Crippen LogP contribution in [0.25, 0.3) is 0 Å². The van der Waals surface area contributed by atoms with Crippen molar-refractivity contribution >= 4 is 0 Å². The van der Waals surface area contributed by atoms with E-state index in [1.165, 1.54) is 128 Å². The normalized spacial score (nSPS) is 11.5. The summed E-state index contributed by atoms with van der Waals surface area (Å²) in [4.78, 5) is 0. The van der Waals surface area contributed by atoms with Crippen LogP contribution in [0.15, 0.2) is 0 Å². The zero-order valence-corrected chi connectivity index (χ0v) is 17.4. The van der Waals surface area contributed by atoms with Crippen molar-refractivity contribution < 1.29 is 0 Å². The van der Waals surface area contributed by atoms with E-state index < -0.39 is 0 Å². The molecule has 0 aromatic carbocycles. The minimum atomic E-state index is 0.649. The van der Waals surface area contributed by atoms with Gasteiger partial charge in [0.2, 0.25) is 0 Å². The van der Waals surface area contributed by atoms with E-state index in [-0.39, 0.29) is 0 Å². The van der Waals surface area contributed by atoms with Crippen LogP contribution in [0.4, 0.5) is 0 Å². The summed E-state index contributed by atoms with van der Waals surface area (Å²) in [5.41, 5.74) is 0. The van der Waals surface area contributed by atoms with Crippen LogP contribution >= 0.6 is 0 Å². The van der Waals surface area contributed by atoms with Crippen molar-refractivity contribution in [3.63, 3.8) is 0 Å². The third-order valence-corrected chi connectivity index (χ3v) is 5.30. The SMILES string of the molecule is [CH2]C(C)CCCCCCCCCCCCCCCCCCCCC. The Bertz CT molecular complexity index is 206. The molecule has 0 aliphatic rings. The van der Waals surface area contributed by atoms with E-state index in [2.05, 4.69) is 20.8 Å². The fraction of sp³-hybridized carbons (Fsp3) is 0.958. The molecule has 0 aromatic rings. The average Bonchev–Trinajstić information content (AvgIpc) is 2.56. The van der Waals surface area contributed by atoms with Gasteiger partial charge in [-0.2, -0.15) is 0 Å². The lowest BCUT2D eigenvalue weighted by atomic mass is 10.0. The van der Waals surface area contributed by atoms with Gasteiger partial charge in [0, 0.05) is 0 Å². The highest BCUT2D eigenvalue weighted by Gasteiger charge is 1.96. The van der Waals surface area contributed by atoms with E-state index >= 15 is 0 Å². The van der Waals surface area contributed by atoms with Gasteiger partial charge < -0.3 is 0 Å². The van der Waals surface area contributed by atoms with Crippen molar-refractivity contribution in [2.45, 2.75) is 142 Å². The van der Waals surface area contributed by atoms with E-state index in [9.17, 15) is 0 Å². The van der Waals surface area contributed by atoms with Crippen LogP contribution in [0.3, 0.4) is 0 Å². The first-order chi connectivity index (χ1) is 11.8. The Morgan fingerprint density at radius 2 is 0.708 bits per heavy atom. The summed E-state index contributed by atoms with van der Waals surface area (Å²) < 4.78 is 0. The van der Waals surface area contributed by atoms with Crippen molar-refractivity contribution in [2.24, 2.45) is 5.92 Å². The number of rotatable bonds is 20. The molecule has 0 spiro atoms. The Hall–Kier alpha value is 0. The summed E-state index contributed by atoms with van der Waals surface area (Å²) >= 11 is 0. The van der Waals surface area contributed by atoms with Crippen LogP contribution in [0.5, 0.6) is 0 Å².